The third-order valence-electron chi connectivity index (χ3n) is 2.98. The molecule has 1 aromatic carbocycles. The van der Waals surface area contributed by atoms with Gasteiger partial charge in [0.25, 0.3) is 0 Å². The number of ether oxygens (including phenoxy) is 3. The average Bonchev–Trinajstić information content (AvgIpc) is 2.43. The Balaban J connectivity index is 3.24. The molecule has 2 N–H and O–H groups in total. The molecule has 0 heterocycles. The largest absolute Gasteiger partial charge is 0.496 e. The summed E-state index contributed by atoms with van der Waals surface area (Å²) in [5, 5.41) is 13.2. The lowest BCUT2D eigenvalue weighted by molar-refractivity contribution is 0.136. The molecule has 0 bridgehead atoms. The molecule has 0 aliphatic heterocycles. The summed E-state index contributed by atoms with van der Waals surface area (Å²) in [4.78, 5) is 0. The van der Waals surface area contributed by atoms with Gasteiger partial charge in [0.05, 0.1) is 27.4 Å². The quantitative estimate of drug-likeness (QED) is 0.803. The molecule has 0 aliphatic rings. The maximum absolute atomic E-state index is 10.2. The summed E-state index contributed by atoms with van der Waals surface area (Å²) >= 11 is 0. The van der Waals surface area contributed by atoms with Gasteiger partial charge in [0.2, 0.25) is 0 Å². The van der Waals surface area contributed by atoms with Gasteiger partial charge in [-0.3, -0.25) is 0 Å². The second kappa shape index (κ2) is 6.47. The lowest BCUT2D eigenvalue weighted by atomic mass is 10.0. The molecule has 18 heavy (non-hydrogen) atoms. The Morgan fingerprint density at radius 2 is 1.50 bits per heavy atom. The highest BCUT2D eigenvalue weighted by atomic mass is 16.5. The smallest absolute Gasteiger partial charge is 0.164 e. The van der Waals surface area contributed by atoms with E-state index in [4.69, 9.17) is 14.2 Å². The molecule has 2 unspecified atom stereocenters. The second-order valence-corrected chi connectivity index (χ2v) is 3.97. The van der Waals surface area contributed by atoms with Crippen molar-refractivity contribution in [2.75, 3.05) is 28.4 Å². The van der Waals surface area contributed by atoms with Crippen molar-refractivity contribution >= 4 is 0 Å². The van der Waals surface area contributed by atoms with E-state index >= 15 is 0 Å². The van der Waals surface area contributed by atoms with Crippen LogP contribution in [0.3, 0.4) is 0 Å². The van der Waals surface area contributed by atoms with E-state index in [1.54, 1.807) is 40.5 Å². The number of aliphatic hydroxyl groups excluding tert-OH is 1. The molecule has 1 aromatic rings. The van der Waals surface area contributed by atoms with Gasteiger partial charge in [-0.1, -0.05) is 0 Å². The van der Waals surface area contributed by atoms with Gasteiger partial charge < -0.3 is 24.6 Å². The van der Waals surface area contributed by atoms with Crippen LogP contribution >= 0.6 is 0 Å². The molecule has 5 nitrogen and oxygen atoms in total. The zero-order chi connectivity index (χ0) is 13.7. The van der Waals surface area contributed by atoms with E-state index in [1.165, 1.54) is 0 Å². The summed E-state index contributed by atoms with van der Waals surface area (Å²) in [5.74, 6) is 1.71. The maximum atomic E-state index is 10.2. The van der Waals surface area contributed by atoms with Gasteiger partial charge >= 0.3 is 0 Å². The van der Waals surface area contributed by atoms with Crippen molar-refractivity contribution in [3.63, 3.8) is 0 Å². The summed E-state index contributed by atoms with van der Waals surface area (Å²) in [6.07, 6.45) is -0.690. The van der Waals surface area contributed by atoms with Gasteiger partial charge in [-0.05, 0) is 20.0 Å². The van der Waals surface area contributed by atoms with Crippen LogP contribution in [0.4, 0.5) is 0 Å². The van der Waals surface area contributed by atoms with Gasteiger partial charge in [-0.15, -0.1) is 0 Å². The zero-order valence-corrected chi connectivity index (χ0v) is 11.5. The van der Waals surface area contributed by atoms with E-state index in [-0.39, 0.29) is 6.04 Å². The Morgan fingerprint density at radius 3 is 1.94 bits per heavy atom. The summed E-state index contributed by atoms with van der Waals surface area (Å²) in [6.45, 7) is 1.89. The van der Waals surface area contributed by atoms with Crippen molar-refractivity contribution in [3.05, 3.63) is 17.7 Å². The normalized spacial score (nSPS) is 13.9. The Morgan fingerprint density at radius 1 is 1.00 bits per heavy atom. The number of aliphatic hydroxyl groups is 1. The fraction of sp³-hybridized carbons (Fsp3) is 0.538. The number of nitrogens with one attached hydrogen (secondary N) is 1. The van der Waals surface area contributed by atoms with E-state index in [2.05, 4.69) is 5.32 Å². The number of hydrogen-bond acceptors (Lipinski definition) is 5. The van der Waals surface area contributed by atoms with Gasteiger partial charge in [-0.2, -0.15) is 0 Å². The number of methoxy groups -OCH3 is 3. The predicted molar refractivity (Wildman–Crippen MR) is 69.6 cm³/mol. The number of likely N-dealkylation sites (N-methyl/N-ethyl adjacent to an activating group) is 1. The van der Waals surface area contributed by atoms with E-state index < -0.39 is 6.10 Å². The minimum atomic E-state index is -0.690. The maximum Gasteiger partial charge on any atom is 0.164 e. The average molecular weight is 255 g/mol. The molecule has 5 heteroatoms. The predicted octanol–water partition coefficient (Wildman–Crippen LogP) is 1.35. The van der Waals surface area contributed by atoms with Gasteiger partial charge in [-0.25, -0.2) is 0 Å². The fourth-order valence-electron chi connectivity index (χ4n) is 1.71. The van der Waals surface area contributed by atoms with Crippen LogP contribution in [0.25, 0.3) is 0 Å². The first-order valence-electron chi connectivity index (χ1n) is 5.74. The summed E-state index contributed by atoms with van der Waals surface area (Å²) in [6, 6.07) is 3.34. The molecule has 0 aliphatic carbocycles. The molecule has 0 saturated carbocycles. The summed E-state index contributed by atoms with van der Waals surface area (Å²) < 4.78 is 15.7. The first-order valence-corrected chi connectivity index (χ1v) is 5.74. The summed E-state index contributed by atoms with van der Waals surface area (Å²) in [7, 11) is 6.47. The highest BCUT2D eigenvalue weighted by molar-refractivity contribution is 5.51. The van der Waals surface area contributed by atoms with Crippen LogP contribution in [-0.2, 0) is 0 Å². The van der Waals surface area contributed by atoms with Crippen LogP contribution in [0.5, 0.6) is 17.2 Å². The van der Waals surface area contributed by atoms with Crippen LogP contribution in [0.15, 0.2) is 12.1 Å². The Kier molecular flexibility index (Phi) is 5.25. The monoisotopic (exact) mass is 255 g/mol. The minimum Gasteiger partial charge on any atom is -0.496 e. The Hall–Kier alpha value is -1.46. The van der Waals surface area contributed by atoms with Crippen molar-refractivity contribution < 1.29 is 19.3 Å². The molecule has 0 saturated heterocycles. The van der Waals surface area contributed by atoms with E-state index in [0.717, 1.165) is 0 Å². The Labute approximate surface area is 108 Å². The van der Waals surface area contributed by atoms with Crippen LogP contribution in [0.1, 0.15) is 18.6 Å². The zero-order valence-electron chi connectivity index (χ0n) is 11.5. The SMILES string of the molecule is CNC(C)C(O)c1cc(OC)c(OC)cc1OC. The first kappa shape index (κ1) is 14.6. The highest BCUT2D eigenvalue weighted by Crippen LogP contribution is 2.38. The molecule has 102 valence electrons. The molecule has 0 radical (unpaired) electrons. The van der Waals surface area contributed by atoms with E-state index in [9.17, 15) is 5.11 Å². The van der Waals surface area contributed by atoms with Crippen molar-refractivity contribution in [1.82, 2.24) is 5.32 Å². The molecular weight excluding hydrogens is 234 g/mol. The second-order valence-electron chi connectivity index (χ2n) is 3.97. The third kappa shape index (κ3) is 2.86. The minimum absolute atomic E-state index is 0.1000. The number of rotatable bonds is 6. The standard InChI is InChI=1S/C13H21NO4/c1-8(14-2)13(15)9-6-11(17-4)12(18-5)7-10(9)16-3/h6-8,13-15H,1-5H3. The topological polar surface area (TPSA) is 60.0 Å². The summed E-state index contributed by atoms with van der Waals surface area (Å²) in [5.41, 5.74) is 0.664. The number of benzene rings is 1. The molecule has 1 rings (SSSR count). The Bertz CT molecular complexity index is 395. The van der Waals surface area contributed by atoms with Gasteiger partial charge in [0, 0.05) is 17.7 Å². The van der Waals surface area contributed by atoms with Gasteiger partial charge in [0.15, 0.2) is 11.5 Å². The lowest BCUT2D eigenvalue weighted by Crippen LogP contribution is -2.29. The molecular formula is C13H21NO4. The van der Waals surface area contributed by atoms with Crippen LogP contribution in [-0.4, -0.2) is 39.5 Å². The van der Waals surface area contributed by atoms with Crippen LogP contribution in [0, 0.1) is 0 Å². The molecule has 0 aromatic heterocycles. The van der Waals surface area contributed by atoms with Crippen molar-refractivity contribution in [2.24, 2.45) is 0 Å². The highest BCUT2D eigenvalue weighted by Gasteiger charge is 2.21. The molecule has 0 fully saturated rings. The molecule has 0 spiro atoms. The van der Waals surface area contributed by atoms with Crippen LogP contribution in [0.2, 0.25) is 0 Å². The van der Waals surface area contributed by atoms with Crippen molar-refractivity contribution in [3.8, 4) is 17.2 Å². The fourth-order valence-corrected chi connectivity index (χ4v) is 1.71. The van der Waals surface area contributed by atoms with E-state index in [1.807, 2.05) is 6.92 Å². The molecule has 2 atom stereocenters. The van der Waals surface area contributed by atoms with Gasteiger partial charge in [0.1, 0.15) is 5.75 Å². The molecule has 0 amide bonds. The van der Waals surface area contributed by atoms with Crippen LogP contribution < -0.4 is 19.5 Å². The number of hydrogen-bond donors (Lipinski definition) is 2. The van der Waals surface area contributed by atoms with Crippen molar-refractivity contribution in [2.45, 2.75) is 19.1 Å². The lowest BCUT2D eigenvalue weighted by Gasteiger charge is -2.22. The first-order chi connectivity index (χ1) is 8.58. The third-order valence-corrected chi connectivity index (χ3v) is 2.98. The van der Waals surface area contributed by atoms with Crippen molar-refractivity contribution in [1.29, 1.82) is 0 Å². The van der Waals surface area contributed by atoms with E-state index in [0.29, 0.717) is 22.8 Å².